The van der Waals surface area contributed by atoms with Gasteiger partial charge >= 0.3 is 0 Å². The smallest absolute Gasteiger partial charge is 0.160 e. The molecule has 1 aromatic heterocycles. The molecule has 0 spiro atoms. The summed E-state index contributed by atoms with van der Waals surface area (Å²) >= 11 is 1.53. The van der Waals surface area contributed by atoms with Crippen molar-refractivity contribution < 1.29 is 4.79 Å². The maximum Gasteiger partial charge on any atom is 0.160 e. The van der Waals surface area contributed by atoms with Gasteiger partial charge in [-0.3, -0.25) is 4.79 Å². The van der Waals surface area contributed by atoms with Crippen LogP contribution < -0.4 is 0 Å². The second kappa shape index (κ2) is 4.41. The zero-order valence-electron chi connectivity index (χ0n) is 7.54. The standard InChI is InChI=1S/C10H14OS/c1-8(2)3-4-9-5-10(6-11)12-7-9/h5-8H,3-4H2,1-2H3. The number of carbonyl (C=O) groups excluding carboxylic acids is 1. The van der Waals surface area contributed by atoms with Crippen LogP contribution in [0.2, 0.25) is 0 Å². The van der Waals surface area contributed by atoms with E-state index in [1.165, 1.54) is 23.3 Å². The Morgan fingerprint density at radius 1 is 1.58 bits per heavy atom. The minimum absolute atomic E-state index is 0.740. The van der Waals surface area contributed by atoms with Gasteiger partial charge in [-0.25, -0.2) is 0 Å². The first-order valence-electron chi connectivity index (χ1n) is 4.25. The summed E-state index contributed by atoms with van der Waals surface area (Å²) < 4.78 is 0. The van der Waals surface area contributed by atoms with E-state index in [0.29, 0.717) is 0 Å². The third-order valence-corrected chi connectivity index (χ3v) is 2.71. The Labute approximate surface area is 77.4 Å². The van der Waals surface area contributed by atoms with Gasteiger partial charge in [0.1, 0.15) is 0 Å². The summed E-state index contributed by atoms with van der Waals surface area (Å²) in [6, 6.07) is 1.99. The quantitative estimate of drug-likeness (QED) is 0.654. The van der Waals surface area contributed by atoms with E-state index in [1.807, 2.05) is 6.07 Å². The maximum atomic E-state index is 10.4. The van der Waals surface area contributed by atoms with Crippen LogP contribution in [0.15, 0.2) is 11.4 Å². The largest absolute Gasteiger partial charge is 0.297 e. The molecule has 0 N–H and O–H groups in total. The Morgan fingerprint density at radius 2 is 2.33 bits per heavy atom. The summed E-state index contributed by atoms with van der Waals surface area (Å²) in [6.45, 7) is 4.43. The Balaban J connectivity index is 2.47. The zero-order chi connectivity index (χ0) is 8.97. The van der Waals surface area contributed by atoms with Gasteiger partial charge in [0.25, 0.3) is 0 Å². The van der Waals surface area contributed by atoms with Gasteiger partial charge in [-0.05, 0) is 35.8 Å². The van der Waals surface area contributed by atoms with E-state index < -0.39 is 0 Å². The first kappa shape index (κ1) is 9.46. The van der Waals surface area contributed by atoms with Crippen molar-refractivity contribution in [2.24, 2.45) is 5.92 Å². The van der Waals surface area contributed by atoms with E-state index in [9.17, 15) is 4.79 Å². The topological polar surface area (TPSA) is 17.1 Å². The second-order valence-corrected chi connectivity index (χ2v) is 4.35. The number of thiophene rings is 1. The lowest BCUT2D eigenvalue weighted by atomic mass is 10.1. The summed E-state index contributed by atoms with van der Waals surface area (Å²) in [5, 5.41) is 2.08. The lowest BCUT2D eigenvalue weighted by Crippen LogP contribution is -1.89. The predicted octanol–water partition coefficient (Wildman–Crippen LogP) is 3.15. The average molecular weight is 182 g/mol. The van der Waals surface area contributed by atoms with Crippen molar-refractivity contribution in [1.29, 1.82) is 0 Å². The summed E-state index contributed by atoms with van der Waals surface area (Å²) in [7, 11) is 0. The Kier molecular flexibility index (Phi) is 3.48. The number of aldehydes is 1. The summed E-state index contributed by atoms with van der Waals surface area (Å²) in [4.78, 5) is 11.2. The highest BCUT2D eigenvalue weighted by Gasteiger charge is 2.00. The molecule has 0 atom stereocenters. The molecule has 0 bridgehead atoms. The molecule has 1 nitrogen and oxygen atoms in total. The van der Waals surface area contributed by atoms with Crippen molar-refractivity contribution in [2.75, 3.05) is 0 Å². The maximum absolute atomic E-state index is 10.4. The van der Waals surface area contributed by atoms with Crippen LogP contribution in [0.4, 0.5) is 0 Å². The number of carbonyl (C=O) groups is 1. The average Bonchev–Trinajstić information content (AvgIpc) is 2.48. The van der Waals surface area contributed by atoms with Crippen molar-refractivity contribution in [1.82, 2.24) is 0 Å². The Hall–Kier alpha value is -0.630. The van der Waals surface area contributed by atoms with Gasteiger partial charge < -0.3 is 0 Å². The van der Waals surface area contributed by atoms with Gasteiger partial charge in [-0.15, -0.1) is 11.3 Å². The summed E-state index contributed by atoms with van der Waals surface area (Å²) in [5.41, 5.74) is 1.30. The summed E-state index contributed by atoms with van der Waals surface area (Å²) in [6.07, 6.45) is 3.22. The van der Waals surface area contributed by atoms with Crippen LogP contribution in [0.1, 0.15) is 35.5 Å². The van der Waals surface area contributed by atoms with Gasteiger partial charge in [0.15, 0.2) is 6.29 Å². The van der Waals surface area contributed by atoms with E-state index in [4.69, 9.17) is 0 Å². The third kappa shape index (κ3) is 2.78. The predicted molar refractivity (Wildman–Crippen MR) is 52.9 cm³/mol. The first-order valence-corrected chi connectivity index (χ1v) is 5.13. The van der Waals surface area contributed by atoms with Crippen LogP contribution >= 0.6 is 11.3 Å². The molecule has 0 saturated carbocycles. The van der Waals surface area contributed by atoms with Crippen LogP contribution in [-0.4, -0.2) is 6.29 Å². The van der Waals surface area contributed by atoms with Gasteiger partial charge in [0, 0.05) is 0 Å². The van der Waals surface area contributed by atoms with Crippen molar-refractivity contribution in [3.05, 3.63) is 21.9 Å². The zero-order valence-corrected chi connectivity index (χ0v) is 8.36. The molecular weight excluding hydrogens is 168 g/mol. The molecular formula is C10H14OS. The molecule has 66 valence electrons. The molecule has 0 aliphatic rings. The fourth-order valence-electron chi connectivity index (χ4n) is 1.04. The highest BCUT2D eigenvalue weighted by atomic mass is 32.1. The Bertz CT molecular complexity index is 250. The van der Waals surface area contributed by atoms with Crippen molar-refractivity contribution in [3.63, 3.8) is 0 Å². The van der Waals surface area contributed by atoms with Gasteiger partial charge in [-0.1, -0.05) is 13.8 Å². The van der Waals surface area contributed by atoms with E-state index in [0.717, 1.165) is 23.5 Å². The Morgan fingerprint density at radius 3 is 2.83 bits per heavy atom. The van der Waals surface area contributed by atoms with Crippen molar-refractivity contribution in [2.45, 2.75) is 26.7 Å². The molecule has 0 aliphatic carbocycles. The molecule has 12 heavy (non-hydrogen) atoms. The fraction of sp³-hybridized carbons (Fsp3) is 0.500. The SMILES string of the molecule is CC(C)CCc1csc(C=O)c1. The van der Waals surface area contributed by atoms with Crippen molar-refractivity contribution >= 4 is 17.6 Å². The second-order valence-electron chi connectivity index (χ2n) is 3.41. The molecule has 0 fully saturated rings. The van der Waals surface area contributed by atoms with Gasteiger partial charge in [-0.2, -0.15) is 0 Å². The third-order valence-electron chi connectivity index (χ3n) is 1.80. The van der Waals surface area contributed by atoms with Crippen LogP contribution in [0.3, 0.4) is 0 Å². The summed E-state index contributed by atoms with van der Waals surface area (Å²) in [5.74, 6) is 0.740. The van der Waals surface area contributed by atoms with E-state index in [1.54, 1.807) is 0 Å². The normalized spacial score (nSPS) is 10.6. The molecule has 1 rings (SSSR count). The highest BCUT2D eigenvalue weighted by Crippen LogP contribution is 2.15. The molecule has 2 heteroatoms. The monoisotopic (exact) mass is 182 g/mol. The molecule has 1 heterocycles. The van der Waals surface area contributed by atoms with Crippen LogP contribution in [0, 0.1) is 5.92 Å². The van der Waals surface area contributed by atoms with E-state index in [2.05, 4.69) is 19.2 Å². The number of hydrogen-bond acceptors (Lipinski definition) is 2. The highest BCUT2D eigenvalue weighted by molar-refractivity contribution is 7.11. The molecule has 0 unspecified atom stereocenters. The lowest BCUT2D eigenvalue weighted by Gasteiger charge is -2.00. The molecule has 1 aromatic rings. The van der Waals surface area contributed by atoms with Crippen LogP contribution in [0.5, 0.6) is 0 Å². The number of rotatable bonds is 4. The molecule has 0 amide bonds. The minimum atomic E-state index is 0.740. The number of hydrogen-bond donors (Lipinski definition) is 0. The van der Waals surface area contributed by atoms with E-state index in [-0.39, 0.29) is 0 Å². The van der Waals surface area contributed by atoms with Crippen molar-refractivity contribution in [3.8, 4) is 0 Å². The van der Waals surface area contributed by atoms with Crippen LogP contribution in [-0.2, 0) is 6.42 Å². The van der Waals surface area contributed by atoms with Gasteiger partial charge in [0.05, 0.1) is 4.88 Å². The molecule has 0 aliphatic heterocycles. The van der Waals surface area contributed by atoms with Crippen LogP contribution in [0.25, 0.3) is 0 Å². The minimum Gasteiger partial charge on any atom is -0.297 e. The first-order chi connectivity index (χ1) is 5.72. The fourth-order valence-corrected chi connectivity index (χ4v) is 1.79. The number of aryl methyl sites for hydroxylation is 1. The lowest BCUT2D eigenvalue weighted by molar-refractivity contribution is 0.112. The molecule has 0 aromatic carbocycles. The molecule has 0 saturated heterocycles. The molecule has 0 radical (unpaired) electrons. The van der Waals surface area contributed by atoms with E-state index >= 15 is 0 Å². The van der Waals surface area contributed by atoms with Gasteiger partial charge in [0.2, 0.25) is 0 Å².